The number of aryl methyl sites for hydroxylation is 1. The number of nitrogens with one attached hydrogen (secondary N) is 2. The van der Waals surface area contributed by atoms with Crippen molar-refractivity contribution < 1.29 is 0 Å². The second kappa shape index (κ2) is 9.22. The third-order valence-corrected chi connectivity index (χ3v) is 3.78. The van der Waals surface area contributed by atoms with Crippen molar-refractivity contribution in [1.82, 2.24) is 25.4 Å². The first-order valence-electron chi connectivity index (χ1n) is 7.62. The van der Waals surface area contributed by atoms with Gasteiger partial charge in [-0.25, -0.2) is 0 Å². The van der Waals surface area contributed by atoms with Crippen LogP contribution in [0, 0.1) is 5.92 Å². The van der Waals surface area contributed by atoms with Gasteiger partial charge in [-0.05, 0) is 18.8 Å². The van der Waals surface area contributed by atoms with Crippen molar-refractivity contribution in [2.24, 2.45) is 10.9 Å². The maximum absolute atomic E-state index is 4.28. The molecule has 21 heavy (non-hydrogen) atoms. The lowest BCUT2D eigenvalue weighted by Gasteiger charge is -2.12. The lowest BCUT2D eigenvalue weighted by Crippen LogP contribution is -2.40. The molecule has 2 N–H and O–H groups in total. The Labute approximate surface area is 144 Å². The van der Waals surface area contributed by atoms with Crippen LogP contribution in [0.4, 0.5) is 0 Å². The number of halogens is 1. The average Bonchev–Trinajstić information content (AvgIpc) is 3.01. The molecule has 1 aromatic heterocycles. The molecule has 1 aromatic rings. The summed E-state index contributed by atoms with van der Waals surface area (Å²) in [6.07, 6.45) is 6.56. The van der Waals surface area contributed by atoms with E-state index in [1.165, 1.54) is 19.3 Å². The standard InChI is InChI=1S/C14H26N6.HI/c1-4-6-11-9-12(11)18-14(15-3)16-7-8-20-10-17-19-13(20)5-2;/h10-12H,4-9H2,1-3H3,(H2,15,16,18);1H. The predicted molar refractivity (Wildman–Crippen MR) is 96.1 cm³/mol. The molecule has 2 rings (SSSR count). The minimum atomic E-state index is 0. The van der Waals surface area contributed by atoms with Crippen molar-refractivity contribution >= 4 is 29.9 Å². The molecule has 0 amide bonds. The molecular weight excluding hydrogens is 379 g/mol. The normalized spacial score (nSPS) is 20.8. The minimum absolute atomic E-state index is 0. The topological polar surface area (TPSA) is 67.1 Å². The summed E-state index contributed by atoms with van der Waals surface area (Å²) in [5, 5.41) is 14.9. The molecule has 0 bridgehead atoms. The summed E-state index contributed by atoms with van der Waals surface area (Å²) >= 11 is 0. The van der Waals surface area contributed by atoms with E-state index in [0.29, 0.717) is 6.04 Å². The van der Waals surface area contributed by atoms with Crippen molar-refractivity contribution in [1.29, 1.82) is 0 Å². The fourth-order valence-electron chi connectivity index (χ4n) is 2.52. The third kappa shape index (κ3) is 5.44. The van der Waals surface area contributed by atoms with Crippen molar-refractivity contribution in [2.45, 2.75) is 52.1 Å². The van der Waals surface area contributed by atoms with Gasteiger partial charge >= 0.3 is 0 Å². The smallest absolute Gasteiger partial charge is 0.191 e. The van der Waals surface area contributed by atoms with Crippen LogP contribution in [0.3, 0.4) is 0 Å². The quantitative estimate of drug-likeness (QED) is 0.412. The molecule has 0 aromatic carbocycles. The van der Waals surface area contributed by atoms with E-state index in [4.69, 9.17) is 0 Å². The second-order valence-electron chi connectivity index (χ2n) is 5.33. The highest BCUT2D eigenvalue weighted by Gasteiger charge is 2.36. The first-order chi connectivity index (χ1) is 9.78. The van der Waals surface area contributed by atoms with Crippen LogP contribution in [-0.4, -0.2) is 40.4 Å². The molecule has 1 heterocycles. The fourth-order valence-corrected chi connectivity index (χ4v) is 2.52. The summed E-state index contributed by atoms with van der Waals surface area (Å²) in [5.74, 6) is 2.77. The van der Waals surface area contributed by atoms with Gasteiger partial charge in [0.15, 0.2) is 5.96 Å². The first kappa shape index (κ1) is 18.2. The van der Waals surface area contributed by atoms with Crippen LogP contribution in [0.2, 0.25) is 0 Å². The molecule has 1 fully saturated rings. The van der Waals surface area contributed by atoms with E-state index >= 15 is 0 Å². The van der Waals surface area contributed by atoms with Crippen molar-refractivity contribution in [3.8, 4) is 0 Å². The number of hydrogen-bond donors (Lipinski definition) is 2. The van der Waals surface area contributed by atoms with Crippen LogP contribution in [0.25, 0.3) is 0 Å². The number of rotatable bonds is 7. The number of nitrogens with zero attached hydrogens (tertiary/aromatic N) is 4. The van der Waals surface area contributed by atoms with Gasteiger partial charge in [0.25, 0.3) is 0 Å². The van der Waals surface area contributed by atoms with E-state index < -0.39 is 0 Å². The summed E-state index contributed by atoms with van der Waals surface area (Å²) in [4.78, 5) is 4.28. The zero-order valence-corrected chi connectivity index (χ0v) is 15.5. The van der Waals surface area contributed by atoms with Gasteiger partial charge in [-0.2, -0.15) is 0 Å². The Morgan fingerprint density at radius 3 is 2.95 bits per heavy atom. The van der Waals surface area contributed by atoms with E-state index in [1.807, 2.05) is 7.05 Å². The predicted octanol–water partition coefficient (Wildman–Crippen LogP) is 1.81. The van der Waals surface area contributed by atoms with Gasteiger partial charge < -0.3 is 15.2 Å². The summed E-state index contributed by atoms with van der Waals surface area (Å²) in [6, 6.07) is 0.613. The number of aliphatic imine (C=N–C) groups is 1. The third-order valence-electron chi connectivity index (χ3n) is 3.78. The molecule has 2 atom stereocenters. The van der Waals surface area contributed by atoms with Gasteiger partial charge in [0, 0.05) is 32.6 Å². The highest BCUT2D eigenvalue weighted by molar-refractivity contribution is 14.0. The molecule has 2 unspecified atom stereocenters. The lowest BCUT2D eigenvalue weighted by molar-refractivity contribution is 0.622. The van der Waals surface area contributed by atoms with Crippen LogP contribution in [0.1, 0.15) is 38.9 Å². The molecule has 0 saturated heterocycles. The summed E-state index contributed by atoms with van der Waals surface area (Å²) in [7, 11) is 1.82. The van der Waals surface area contributed by atoms with Crippen molar-refractivity contribution in [3.05, 3.63) is 12.2 Å². The van der Waals surface area contributed by atoms with Gasteiger partial charge in [0.2, 0.25) is 0 Å². The molecule has 1 aliphatic carbocycles. The molecular formula is C14H27IN6. The maximum atomic E-state index is 4.28. The SMILES string of the molecule is CCCC1CC1NC(=NC)NCCn1cnnc1CC.I. The van der Waals surface area contributed by atoms with E-state index in [-0.39, 0.29) is 24.0 Å². The van der Waals surface area contributed by atoms with Crippen LogP contribution < -0.4 is 10.6 Å². The zero-order valence-electron chi connectivity index (χ0n) is 13.2. The van der Waals surface area contributed by atoms with Crippen molar-refractivity contribution in [2.75, 3.05) is 13.6 Å². The Balaban J connectivity index is 0.00000220. The van der Waals surface area contributed by atoms with E-state index in [0.717, 1.165) is 37.2 Å². The fraction of sp³-hybridized carbons (Fsp3) is 0.786. The van der Waals surface area contributed by atoms with Gasteiger partial charge in [-0.1, -0.05) is 20.3 Å². The Morgan fingerprint density at radius 2 is 2.29 bits per heavy atom. The Morgan fingerprint density at radius 1 is 1.48 bits per heavy atom. The molecule has 7 heteroatoms. The summed E-state index contributed by atoms with van der Waals surface area (Å²) < 4.78 is 2.08. The molecule has 1 saturated carbocycles. The second-order valence-corrected chi connectivity index (χ2v) is 5.33. The Bertz CT molecular complexity index is 444. The van der Waals surface area contributed by atoms with E-state index in [2.05, 4.69) is 44.2 Å². The lowest BCUT2D eigenvalue weighted by atomic mass is 10.2. The van der Waals surface area contributed by atoms with Crippen LogP contribution in [0.15, 0.2) is 11.3 Å². The van der Waals surface area contributed by atoms with Gasteiger partial charge in [0.1, 0.15) is 12.2 Å². The van der Waals surface area contributed by atoms with E-state index in [9.17, 15) is 0 Å². The molecule has 1 aliphatic rings. The molecule has 0 spiro atoms. The van der Waals surface area contributed by atoms with Crippen LogP contribution in [-0.2, 0) is 13.0 Å². The summed E-state index contributed by atoms with van der Waals surface area (Å²) in [6.45, 7) is 6.03. The number of guanidine groups is 1. The van der Waals surface area contributed by atoms with Gasteiger partial charge in [0.05, 0.1) is 0 Å². The highest BCUT2D eigenvalue weighted by atomic mass is 127. The van der Waals surface area contributed by atoms with Crippen LogP contribution in [0.5, 0.6) is 0 Å². The molecule has 0 aliphatic heterocycles. The zero-order chi connectivity index (χ0) is 14.4. The largest absolute Gasteiger partial charge is 0.355 e. The van der Waals surface area contributed by atoms with Gasteiger partial charge in [-0.3, -0.25) is 4.99 Å². The highest BCUT2D eigenvalue weighted by Crippen LogP contribution is 2.34. The average molecular weight is 406 g/mol. The molecule has 120 valence electrons. The Hall–Kier alpha value is -0.860. The molecule has 6 nitrogen and oxygen atoms in total. The van der Waals surface area contributed by atoms with Gasteiger partial charge in [-0.15, -0.1) is 34.2 Å². The minimum Gasteiger partial charge on any atom is -0.355 e. The van der Waals surface area contributed by atoms with Crippen LogP contribution >= 0.6 is 24.0 Å². The monoisotopic (exact) mass is 406 g/mol. The first-order valence-corrected chi connectivity index (χ1v) is 7.62. The number of hydrogen-bond acceptors (Lipinski definition) is 3. The maximum Gasteiger partial charge on any atom is 0.191 e. The molecule has 0 radical (unpaired) electrons. The van der Waals surface area contributed by atoms with Crippen molar-refractivity contribution in [3.63, 3.8) is 0 Å². The Kier molecular flexibility index (Phi) is 7.98. The van der Waals surface area contributed by atoms with E-state index in [1.54, 1.807) is 6.33 Å². The number of aromatic nitrogens is 3. The summed E-state index contributed by atoms with van der Waals surface area (Å²) in [5.41, 5.74) is 0.